The van der Waals surface area contributed by atoms with E-state index in [1.54, 1.807) is 0 Å². The zero-order valence-corrected chi connectivity index (χ0v) is 11.9. The lowest BCUT2D eigenvalue weighted by atomic mass is 9.79. The molecule has 0 spiro atoms. The Bertz CT molecular complexity index is 572. The summed E-state index contributed by atoms with van der Waals surface area (Å²) in [5.74, 6) is -2.52. The summed E-state index contributed by atoms with van der Waals surface area (Å²) in [6.07, 6.45) is 1.01. The monoisotopic (exact) mass is 274 g/mol. The number of aryl methyl sites for hydroxylation is 1. The second-order valence-electron chi connectivity index (χ2n) is 5.38. The van der Waals surface area contributed by atoms with Gasteiger partial charge >= 0.3 is 5.97 Å². The number of ketones is 2. The van der Waals surface area contributed by atoms with Gasteiger partial charge in [0.15, 0.2) is 5.78 Å². The molecule has 1 aromatic rings. The first-order valence-electron chi connectivity index (χ1n) is 6.75. The van der Waals surface area contributed by atoms with E-state index in [9.17, 15) is 14.4 Å². The van der Waals surface area contributed by atoms with E-state index in [1.165, 1.54) is 0 Å². The standard InChI is InChI=1S/C16H18O4/c1-9(2)11-5-4-10-6-7-12(14(17)13(10)8-11)15(18)16(19)20-3/h4-5,8-9,12H,6-7H2,1-3H3. The highest BCUT2D eigenvalue weighted by atomic mass is 16.5. The lowest BCUT2D eigenvalue weighted by Crippen LogP contribution is -2.34. The van der Waals surface area contributed by atoms with Crippen LogP contribution in [0.3, 0.4) is 0 Å². The van der Waals surface area contributed by atoms with Crippen LogP contribution < -0.4 is 0 Å². The van der Waals surface area contributed by atoms with Gasteiger partial charge < -0.3 is 4.74 Å². The highest BCUT2D eigenvalue weighted by Crippen LogP contribution is 2.29. The summed E-state index contributed by atoms with van der Waals surface area (Å²) in [5.41, 5.74) is 2.58. The zero-order chi connectivity index (χ0) is 14.9. The molecule has 0 N–H and O–H groups in total. The molecule has 106 valence electrons. The second kappa shape index (κ2) is 5.57. The molecule has 0 aliphatic heterocycles. The number of ether oxygens (including phenoxy) is 1. The van der Waals surface area contributed by atoms with E-state index >= 15 is 0 Å². The second-order valence-corrected chi connectivity index (χ2v) is 5.38. The molecule has 0 heterocycles. The summed E-state index contributed by atoms with van der Waals surface area (Å²) < 4.78 is 4.42. The van der Waals surface area contributed by atoms with E-state index in [0.717, 1.165) is 18.2 Å². The maximum atomic E-state index is 12.4. The van der Waals surface area contributed by atoms with Crippen LogP contribution in [0.15, 0.2) is 18.2 Å². The first kappa shape index (κ1) is 14.4. The van der Waals surface area contributed by atoms with Crippen molar-refractivity contribution in [3.8, 4) is 0 Å². The van der Waals surface area contributed by atoms with Crippen LogP contribution in [-0.2, 0) is 20.7 Å². The minimum atomic E-state index is -0.938. The van der Waals surface area contributed by atoms with Crippen molar-refractivity contribution >= 4 is 17.5 Å². The van der Waals surface area contributed by atoms with Crippen molar-refractivity contribution in [2.45, 2.75) is 32.6 Å². The summed E-state index contributed by atoms with van der Waals surface area (Å²) in [7, 11) is 1.15. The Morgan fingerprint density at radius 1 is 1.30 bits per heavy atom. The third-order valence-electron chi connectivity index (χ3n) is 3.79. The molecule has 4 heteroatoms. The van der Waals surface area contributed by atoms with Gasteiger partial charge in [-0.15, -0.1) is 0 Å². The topological polar surface area (TPSA) is 60.4 Å². The van der Waals surface area contributed by atoms with Crippen LogP contribution in [0, 0.1) is 5.92 Å². The van der Waals surface area contributed by atoms with Gasteiger partial charge in [0.1, 0.15) is 0 Å². The molecular formula is C16H18O4. The van der Waals surface area contributed by atoms with E-state index in [0.29, 0.717) is 24.3 Å². The van der Waals surface area contributed by atoms with E-state index in [1.807, 2.05) is 32.0 Å². The van der Waals surface area contributed by atoms with E-state index in [2.05, 4.69) is 4.74 Å². The molecule has 1 atom stereocenters. The maximum Gasteiger partial charge on any atom is 0.375 e. The van der Waals surface area contributed by atoms with Gasteiger partial charge in [0.2, 0.25) is 0 Å². The van der Waals surface area contributed by atoms with Crippen molar-refractivity contribution in [3.63, 3.8) is 0 Å². The predicted octanol–water partition coefficient (Wildman–Crippen LogP) is 2.30. The summed E-state index contributed by atoms with van der Waals surface area (Å²) in [4.78, 5) is 35.6. The lowest BCUT2D eigenvalue weighted by molar-refractivity contribution is -0.153. The number of carbonyl (C=O) groups excluding carboxylic acids is 3. The molecule has 1 aliphatic carbocycles. The fourth-order valence-corrected chi connectivity index (χ4v) is 2.51. The van der Waals surface area contributed by atoms with E-state index < -0.39 is 17.7 Å². The number of Topliss-reactive ketones (excluding diaryl/α,β-unsaturated/α-hetero) is 2. The summed E-state index contributed by atoms with van der Waals surface area (Å²) >= 11 is 0. The van der Waals surface area contributed by atoms with Crippen LogP contribution in [0.25, 0.3) is 0 Å². The van der Waals surface area contributed by atoms with Crippen molar-refractivity contribution in [2.75, 3.05) is 7.11 Å². The molecule has 4 nitrogen and oxygen atoms in total. The highest BCUT2D eigenvalue weighted by Gasteiger charge is 2.36. The number of benzene rings is 1. The number of rotatable bonds is 3. The molecule has 1 aliphatic rings. The average Bonchev–Trinajstić information content (AvgIpc) is 2.45. The maximum absolute atomic E-state index is 12.4. The number of methoxy groups -OCH3 is 1. The van der Waals surface area contributed by atoms with Crippen LogP contribution in [-0.4, -0.2) is 24.6 Å². The van der Waals surface area contributed by atoms with Gasteiger partial charge in [-0.05, 0) is 36.0 Å². The van der Waals surface area contributed by atoms with Crippen LogP contribution in [0.1, 0.15) is 47.7 Å². The first-order valence-corrected chi connectivity index (χ1v) is 6.75. The number of hydrogen-bond donors (Lipinski definition) is 0. The molecule has 0 saturated heterocycles. The largest absolute Gasteiger partial charge is 0.463 e. The molecule has 20 heavy (non-hydrogen) atoms. The lowest BCUT2D eigenvalue weighted by Gasteiger charge is -2.22. The van der Waals surface area contributed by atoms with Crippen LogP contribution in [0.5, 0.6) is 0 Å². The Hall–Kier alpha value is -1.97. The van der Waals surface area contributed by atoms with Gasteiger partial charge in [-0.25, -0.2) is 4.79 Å². The van der Waals surface area contributed by atoms with Gasteiger partial charge in [0.25, 0.3) is 5.78 Å². The number of hydrogen-bond acceptors (Lipinski definition) is 4. The SMILES string of the molecule is COC(=O)C(=O)C1CCc2ccc(C(C)C)cc2C1=O. The van der Waals surface area contributed by atoms with E-state index in [4.69, 9.17) is 0 Å². The van der Waals surface area contributed by atoms with Gasteiger partial charge in [0, 0.05) is 5.56 Å². The van der Waals surface area contributed by atoms with E-state index in [-0.39, 0.29) is 5.78 Å². The summed E-state index contributed by atoms with van der Waals surface area (Å²) in [6.45, 7) is 4.10. The molecule has 2 rings (SSSR count). The normalized spacial score (nSPS) is 17.8. The molecule has 1 aromatic carbocycles. The van der Waals surface area contributed by atoms with Crippen LogP contribution >= 0.6 is 0 Å². The minimum Gasteiger partial charge on any atom is -0.463 e. The summed E-state index contributed by atoms with van der Waals surface area (Å²) in [5, 5.41) is 0. The summed E-state index contributed by atoms with van der Waals surface area (Å²) in [6, 6.07) is 5.81. The van der Waals surface area contributed by atoms with Gasteiger partial charge in [0.05, 0.1) is 13.0 Å². The number of esters is 1. The Morgan fingerprint density at radius 3 is 2.60 bits per heavy atom. The van der Waals surface area contributed by atoms with Crippen molar-refractivity contribution in [3.05, 3.63) is 34.9 Å². The molecule has 0 fully saturated rings. The van der Waals surface area contributed by atoms with Crippen molar-refractivity contribution in [1.29, 1.82) is 0 Å². The predicted molar refractivity (Wildman–Crippen MR) is 73.7 cm³/mol. The quantitative estimate of drug-likeness (QED) is 0.482. The Balaban J connectivity index is 2.35. The Kier molecular flexibility index (Phi) is 4.02. The molecule has 0 radical (unpaired) electrons. The minimum absolute atomic E-state index is 0.260. The van der Waals surface area contributed by atoms with Gasteiger partial charge in [-0.2, -0.15) is 0 Å². The smallest absolute Gasteiger partial charge is 0.375 e. The zero-order valence-electron chi connectivity index (χ0n) is 11.9. The Morgan fingerprint density at radius 2 is 2.00 bits per heavy atom. The average molecular weight is 274 g/mol. The van der Waals surface area contributed by atoms with Crippen LogP contribution in [0.4, 0.5) is 0 Å². The van der Waals surface area contributed by atoms with Crippen molar-refractivity contribution in [1.82, 2.24) is 0 Å². The number of carbonyl (C=O) groups is 3. The molecule has 0 aromatic heterocycles. The van der Waals surface area contributed by atoms with Gasteiger partial charge in [-0.1, -0.05) is 26.0 Å². The van der Waals surface area contributed by atoms with Crippen LogP contribution in [0.2, 0.25) is 0 Å². The molecule has 0 saturated carbocycles. The molecular weight excluding hydrogens is 256 g/mol. The number of fused-ring (bicyclic) bond motifs is 1. The third-order valence-corrected chi connectivity index (χ3v) is 3.79. The third kappa shape index (κ3) is 2.50. The Labute approximate surface area is 118 Å². The fourth-order valence-electron chi connectivity index (χ4n) is 2.51. The molecule has 0 bridgehead atoms. The van der Waals surface area contributed by atoms with Crippen molar-refractivity contribution < 1.29 is 19.1 Å². The fraction of sp³-hybridized carbons (Fsp3) is 0.438. The molecule has 1 unspecified atom stereocenters. The van der Waals surface area contributed by atoms with Gasteiger partial charge in [-0.3, -0.25) is 9.59 Å². The first-order chi connectivity index (χ1) is 9.45. The van der Waals surface area contributed by atoms with Crippen molar-refractivity contribution in [2.24, 2.45) is 5.92 Å². The highest BCUT2D eigenvalue weighted by molar-refractivity contribution is 6.39. The molecule has 0 amide bonds.